The lowest BCUT2D eigenvalue weighted by atomic mass is 10.2. The van der Waals surface area contributed by atoms with E-state index in [0.717, 1.165) is 17.0 Å². The van der Waals surface area contributed by atoms with Gasteiger partial charge in [0.1, 0.15) is 5.75 Å². The van der Waals surface area contributed by atoms with Crippen molar-refractivity contribution in [1.29, 1.82) is 0 Å². The molecule has 0 bridgehead atoms. The number of nitrogens with one attached hydrogen (secondary N) is 1. The Morgan fingerprint density at radius 2 is 1.85 bits per heavy atom. The van der Waals surface area contributed by atoms with Crippen LogP contribution in [0.2, 0.25) is 5.02 Å². The molecule has 0 aromatic heterocycles. The third-order valence-electron chi connectivity index (χ3n) is 3.63. The number of anilines is 1. The number of aliphatic imine (C=N–C) groups is 1. The van der Waals surface area contributed by atoms with Crippen molar-refractivity contribution < 1.29 is 14.5 Å². The molecule has 3 rings (SSSR count). The molecule has 0 radical (unpaired) electrons. The van der Waals surface area contributed by atoms with Gasteiger partial charge in [-0.2, -0.15) is 0 Å². The average molecular weight is 376 g/mol. The fourth-order valence-electron chi connectivity index (χ4n) is 2.45. The Kier molecular flexibility index (Phi) is 6.33. The van der Waals surface area contributed by atoms with Gasteiger partial charge < -0.3 is 15.0 Å². The molecule has 0 atom stereocenters. The fourth-order valence-corrected chi connectivity index (χ4v) is 2.58. The molecule has 0 saturated heterocycles. The molecule has 1 aliphatic heterocycles. The van der Waals surface area contributed by atoms with E-state index in [4.69, 9.17) is 26.1 Å². The third-order valence-corrected chi connectivity index (χ3v) is 3.88. The summed E-state index contributed by atoms with van der Waals surface area (Å²) in [7, 11) is 0. The zero-order valence-electron chi connectivity index (χ0n) is 14.8. The first-order chi connectivity index (χ1) is 12.6. The van der Waals surface area contributed by atoms with Gasteiger partial charge in [0.15, 0.2) is 13.5 Å². The molecule has 1 aliphatic rings. The Morgan fingerprint density at radius 1 is 1.12 bits per heavy atom. The smallest absolute Gasteiger partial charge is 0.203 e. The summed E-state index contributed by atoms with van der Waals surface area (Å²) in [6, 6.07) is 15.4. The van der Waals surface area contributed by atoms with Crippen LogP contribution < -0.4 is 10.1 Å². The van der Waals surface area contributed by atoms with Gasteiger partial charge in [-0.05, 0) is 55.8 Å². The Morgan fingerprint density at radius 3 is 2.54 bits per heavy atom. The molecule has 0 aliphatic carbocycles. The van der Waals surface area contributed by atoms with E-state index in [0.29, 0.717) is 17.5 Å². The zero-order valence-corrected chi connectivity index (χ0v) is 15.6. The number of benzene rings is 2. The van der Waals surface area contributed by atoms with Gasteiger partial charge in [-0.15, -0.1) is 0 Å². The highest BCUT2D eigenvalue weighted by Gasteiger charge is 2.16. The molecule has 26 heavy (non-hydrogen) atoms. The van der Waals surface area contributed by atoms with Crippen LogP contribution in [0, 0.1) is 0 Å². The summed E-state index contributed by atoms with van der Waals surface area (Å²) < 4.78 is 5.67. The van der Waals surface area contributed by atoms with E-state index in [1.165, 1.54) is 0 Å². The standard InChI is InChI=1S/C19H22ClN3O3/c1-14(2)26-18-9-7-17(8-10-18)22-19-21-12-24-25-13-23(19)11-15-3-5-16(20)6-4-15/h3-10,14H,11-13H2,1-2H3,(H,21,22). The summed E-state index contributed by atoms with van der Waals surface area (Å²) in [6.45, 7) is 5.01. The quantitative estimate of drug-likeness (QED) is 0.791. The predicted molar refractivity (Wildman–Crippen MR) is 102 cm³/mol. The second-order valence-electron chi connectivity index (χ2n) is 6.12. The van der Waals surface area contributed by atoms with E-state index in [9.17, 15) is 0 Å². The van der Waals surface area contributed by atoms with Crippen molar-refractivity contribution in [3.05, 3.63) is 59.1 Å². The molecule has 1 heterocycles. The minimum Gasteiger partial charge on any atom is -0.491 e. The monoisotopic (exact) mass is 375 g/mol. The fraction of sp³-hybridized carbons (Fsp3) is 0.316. The molecule has 6 nitrogen and oxygen atoms in total. The summed E-state index contributed by atoms with van der Waals surface area (Å²) in [5.41, 5.74) is 2.00. The first kappa shape index (κ1) is 18.5. The third kappa shape index (κ3) is 5.36. The van der Waals surface area contributed by atoms with Crippen LogP contribution in [0.3, 0.4) is 0 Å². The van der Waals surface area contributed by atoms with Crippen LogP contribution in [0.1, 0.15) is 19.4 Å². The van der Waals surface area contributed by atoms with E-state index in [2.05, 4.69) is 10.3 Å². The van der Waals surface area contributed by atoms with Crippen LogP contribution in [-0.2, 0) is 16.3 Å². The van der Waals surface area contributed by atoms with E-state index < -0.39 is 0 Å². The van der Waals surface area contributed by atoms with Crippen molar-refractivity contribution >= 4 is 23.2 Å². The Balaban J connectivity index is 1.70. The minimum atomic E-state index is 0.133. The van der Waals surface area contributed by atoms with Crippen molar-refractivity contribution in [2.75, 3.05) is 18.8 Å². The number of guanidine groups is 1. The van der Waals surface area contributed by atoms with Crippen molar-refractivity contribution in [3.63, 3.8) is 0 Å². The summed E-state index contributed by atoms with van der Waals surface area (Å²) in [5.74, 6) is 1.51. The second-order valence-corrected chi connectivity index (χ2v) is 6.55. The number of hydrogen-bond acceptors (Lipinski definition) is 6. The Labute approximate surface area is 158 Å². The van der Waals surface area contributed by atoms with Gasteiger partial charge in [0.25, 0.3) is 0 Å². The minimum absolute atomic E-state index is 0.133. The SMILES string of the molecule is CC(C)Oc1ccc(NC2=NCOOCN2Cc2ccc(Cl)cc2)cc1. The van der Waals surface area contributed by atoms with Crippen LogP contribution in [0.25, 0.3) is 0 Å². The summed E-state index contributed by atoms with van der Waals surface area (Å²) in [6.07, 6.45) is 0.143. The van der Waals surface area contributed by atoms with Gasteiger partial charge in [-0.3, -0.25) is 0 Å². The van der Waals surface area contributed by atoms with Gasteiger partial charge in [0.2, 0.25) is 5.96 Å². The Bertz CT molecular complexity index is 733. The van der Waals surface area contributed by atoms with E-state index in [1.807, 2.05) is 67.3 Å². The maximum Gasteiger partial charge on any atom is 0.203 e. The predicted octanol–water partition coefficient (Wildman–Crippen LogP) is 4.27. The highest BCUT2D eigenvalue weighted by Crippen LogP contribution is 2.18. The van der Waals surface area contributed by atoms with Gasteiger partial charge in [-0.25, -0.2) is 14.8 Å². The molecule has 0 unspecified atom stereocenters. The van der Waals surface area contributed by atoms with Crippen molar-refractivity contribution in [2.45, 2.75) is 26.5 Å². The van der Waals surface area contributed by atoms with Crippen molar-refractivity contribution in [2.24, 2.45) is 4.99 Å². The van der Waals surface area contributed by atoms with Gasteiger partial charge in [0, 0.05) is 17.3 Å². The van der Waals surface area contributed by atoms with Gasteiger partial charge >= 0.3 is 0 Å². The van der Waals surface area contributed by atoms with Gasteiger partial charge in [-0.1, -0.05) is 23.7 Å². The molecule has 2 aromatic rings. The molecule has 0 fully saturated rings. The summed E-state index contributed by atoms with van der Waals surface area (Å²) in [5, 5.41) is 4.03. The largest absolute Gasteiger partial charge is 0.491 e. The number of halogens is 1. The van der Waals surface area contributed by atoms with Crippen LogP contribution in [0.5, 0.6) is 5.75 Å². The normalized spacial score (nSPS) is 14.8. The summed E-state index contributed by atoms with van der Waals surface area (Å²) in [4.78, 5) is 16.5. The molecular weight excluding hydrogens is 354 g/mol. The van der Waals surface area contributed by atoms with Crippen LogP contribution in [0.4, 0.5) is 5.69 Å². The average Bonchev–Trinajstić information content (AvgIpc) is 2.83. The molecule has 0 amide bonds. The lowest BCUT2D eigenvalue weighted by molar-refractivity contribution is -0.304. The zero-order chi connectivity index (χ0) is 18.4. The molecule has 2 aromatic carbocycles. The van der Waals surface area contributed by atoms with E-state index in [1.54, 1.807) is 0 Å². The first-order valence-electron chi connectivity index (χ1n) is 8.42. The first-order valence-corrected chi connectivity index (χ1v) is 8.80. The highest BCUT2D eigenvalue weighted by atomic mass is 35.5. The maximum absolute atomic E-state index is 5.96. The molecule has 7 heteroatoms. The summed E-state index contributed by atoms with van der Waals surface area (Å²) >= 11 is 5.96. The van der Waals surface area contributed by atoms with Crippen molar-refractivity contribution in [1.82, 2.24) is 4.90 Å². The number of rotatable bonds is 5. The molecule has 1 N–H and O–H groups in total. The maximum atomic E-state index is 5.96. The highest BCUT2D eigenvalue weighted by molar-refractivity contribution is 6.30. The number of nitrogens with zero attached hydrogens (tertiary/aromatic N) is 2. The van der Waals surface area contributed by atoms with E-state index in [-0.39, 0.29) is 19.6 Å². The van der Waals surface area contributed by atoms with Crippen LogP contribution in [-0.4, -0.2) is 30.4 Å². The number of ether oxygens (including phenoxy) is 1. The van der Waals surface area contributed by atoms with Crippen molar-refractivity contribution in [3.8, 4) is 5.75 Å². The molecule has 138 valence electrons. The van der Waals surface area contributed by atoms with Crippen LogP contribution >= 0.6 is 11.6 Å². The lowest BCUT2D eigenvalue weighted by Crippen LogP contribution is -2.36. The number of hydrogen-bond donors (Lipinski definition) is 1. The molecular formula is C19H22ClN3O3. The second kappa shape index (κ2) is 8.89. The topological polar surface area (TPSA) is 55.3 Å². The lowest BCUT2D eigenvalue weighted by Gasteiger charge is -2.24. The van der Waals surface area contributed by atoms with Gasteiger partial charge in [0.05, 0.1) is 6.10 Å². The Hall–Kier alpha value is -2.28. The molecule has 0 spiro atoms. The van der Waals surface area contributed by atoms with Crippen LogP contribution in [0.15, 0.2) is 53.5 Å². The van der Waals surface area contributed by atoms with E-state index >= 15 is 0 Å². The molecule has 0 saturated carbocycles.